The molecule has 154 valence electrons. The fourth-order valence-electron chi connectivity index (χ4n) is 4.47. The van der Waals surface area contributed by atoms with Crippen LogP contribution in [-0.2, 0) is 16.0 Å². The zero-order valence-electron chi connectivity index (χ0n) is 17.4. The van der Waals surface area contributed by atoms with Crippen molar-refractivity contribution < 1.29 is 19.0 Å². The van der Waals surface area contributed by atoms with Crippen molar-refractivity contribution in [2.45, 2.75) is 64.6 Å². The van der Waals surface area contributed by atoms with E-state index >= 15 is 0 Å². The smallest absolute Gasteiger partial charge is 0.308 e. The minimum Gasteiger partial charge on any atom is -0.490 e. The van der Waals surface area contributed by atoms with E-state index in [1.54, 1.807) is 0 Å². The first-order valence-corrected chi connectivity index (χ1v) is 10.8. The normalized spacial score (nSPS) is 23.6. The zero-order chi connectivity index (χ0) is 20.2. The third-order valence-corrected chi connectivity index (χ3v) is 6.11. The number of hydrogen-bond acceptors (Lipinski definition) is 4. The van der Waals surface area contributed by atoms with Gasteiger partial charge in [0, 0.05) is 0 Å². The highest BCUT2D eigenvalue weighted by Crippen LogP contribution is 2.38. The Morgan fingerprint density at radius 2 is 1.86 bits per heavy atom. The van der Waals surface area contributed by atoms with Crippen LogP contribution in [0.1, 0.15) is 61.8 Å². The van der Waals surface area contributed by atoms with Gasteiger partial charge in [0.05, 0.1) is 18.6 Å². The van der Waals surface area contributed by atoms with Gasteiger partial charge in [0.1, 0.15) is 17.6 Å². The number of hydrogen-bond donors (Lipinski definition) is 0. The van der Waals surface area contributed by atoms with E-state index in [9.17, 15) is 4.79 Å². The quantitative estimate of drug-likeness (QED) is 0.623. The number of ether oxygens (including phenoxy) is 3. The van der Waals surface area contributed by atoms with Crippen molar-refractivity contribution >= 4 is 5.97 Å². The van der Waals surface area contributed by atoms with Crippen LogP contribution in [0.2, 0.25) is 0 Å². The number of aryl methyl sites for hydroxylation is 2. The Balaban J connectivity index is 1.35. The number of fused-ring (bicyclic) bond motifs is 1. The average Bonchev–Trinajstić information content (AvgIpc) is 2.74. The van der Waals surface area contributed by atoms with Gasteiger partial charge < -0.3 is 14.2 Å². The molecule has 0 bridgehead atoms. The highest BCUT2D eigenvalue weighted by atomic mass is 16.5. The molecule has 0 aromatic heterocycles. The highest BCUT2D eigenvalue weighted by Gasteiger charge is 2.29. The van der Waals surface area contributed by atoms with Crippen LogP contribution in [-0.4, -0.2) is 18.7 Å². The largest absolute Gasteiger partial charge is 0.490 e. The summed E-state index contributed by atoms with van der Waals surface area (Å²) in [4.78, 5) is 11.9. The van der Waals surface area contributed by atoms with Crippen molar-refractivity contribution in [3.63, 3.8) is 0 Å². The Hall–Kier alpha value is -2.49. The third kappa shape index (κ3) is 4.58. The molecule has 29 heavy (non-hydrogen) atoms. The van der Waals surface area contributed by atoms with Crippen LogP contribution in [0.15, 0.2) is 42.5 Å². The summed E-state index contributed by atoms with van der Waals surface area (Å²) in [5, 5.41) is 0. The van der Waals surface area contributed by atoms with E-state index in [0.717, 1.165) is 50.0 Å². The van der Waals surface area contributed by atoms with Gasteiger partial charge >= 0.3 is 5.97 Å². The Morgan fingerprint density at radius 3 is 2.62 bits per heavy atom. The first kappa shape index (κ1) is 19.8. The predicted molar refractivity (Wildman–Crippen MR) is 112 cm³/mol. The molecule has 1 atom stereocenters. The minimum atomic E-state index is -0.0555. The van der Waals surface area contributed by atoms with E-state index in [0.29, 0.717) is 6.61 Å². The Morgan fingerprint density at radius 1 is 1.07 bits per heavy atom. The summed E-state index contributed by atoms with van der Waals surface area (Å²) >= 11 is 0. The van der Waals surface area contributed by atoms with E-state index in [-0.39, 0.29) is 24.1 Å². The Kier molecular flexibility index (Phi) is 6.08. The number of carbonyl (C=O) groups is 1. The lowest BCUT2D eigenvalue weighted by Gasteiger charge is -2.30. The predicted octanol–water partition coefficient (Wildman–Crippen LogP) is 5.56. The molecule has 1 aliphatic carbocycles. The fourth-order valence-corrected chi connectivity index (χ4v) is 4.47. The zero-order valence-corrected chi connectivity index (χ0v) is 17.4. The monoisotopic (exact) mass is 394 g/mol. The molecule has 0 N–H and O–H groups in total. The van der Waals surface area contributed by atoms with Crippen molar-refractivity contribution in [2.24, 2.45) is 5.92 Å². The fraction of sp³-hybridized carbons (Fsp3) is 0.480. The van der Waals surface area contributed by atoms with Gasteiger partial charge in [-0.3, -0.25) is 4.79 Å². The van der Waals surface area contributed by atoms with Crippen LogP contribution < -0.4 is 9.47 Å². The van der Waals surface area contributed by atoms with Crippen molar-refractivity contribution in [1.29, 1.82) is 0 Å². The average molecular weight is 395 g/mol. The summed E-state index contributed by atoms with van der Waals surface area (Å²) in [6.07, 6.45) is 5.73. The molecule has 1 aliphatic heterocycles. The van der Waals surface area contributed by atoms with Crippen LogP contribution in [0.5, 0.6) is 11.5 Å². The summed E-state index contributed by atoms with van der Waals surface area (Å²) in [5.41, 5.74) is 3.77. The van der Waals surface area contributed by atoms with Gasteiger partial charge in [-0.15, -0.1) is 0 Å². The van der Waals surface area contributed by atoms with Crippen LogP contribution in [0, 0.1) is 12.8 Å². The van der Waals surface area contributed by atoms with E-state index in [4.69, 9.17) is 14.2 Å². The van der Waals surface area contributed by atoms with Gasteiger partial charge in [0.25, 0.3) is 0 Å². The second-order valence-corrected chi connectivity index (χ2v) is 8.11. The van der Waals surface area contributed by atoms with Gasteiger partial charge in [-0.25, -0.2) is 0 Å². The molecule has 1 unspecified atom stereocenters. The molecular weight excluding hydrogens is 364 g/mol. The second kappa shape index (κ2) is 8.89. The van der Waals surface area contributed by atoms with Gasteiger partial charge in [-0.1, -0.05) is 24.3 Å². The molecule has 4 rings (SSSR count). The number of benzene rings is 2. The summed E-state index contributed by atoms with van der Waals surface area (Å²) in [7, 11) is 0. The van der Waals surface area contributed by atoms with Gasteiger partial charge in [0.15, 0.2) is 0 Å². The highest BCUT2D eigenvalue weighted by molar-refractivity contribution is 5.72. The van der Waals surface area contributed by atoms with Crippen LogP contribution in [0.3, 0.4) is 0 Å². The molecule has 0 spiro atoms. The number of carbonyl (C=O) groups excluding carboxylic acids is 1. The van der Waals surface area contributed by atoms with Crippen molar-refractivity contribution in [3.8, 4) is 11.5 Å². The third-order valence-electron chi connectivity index (χ3n) is 6.11. The molecule has 2 aliphatic rings. The molecule has 0 amide bonds. The molecule has 2 aromatic carbocycles. The number of rotatable bonds is 5. The Labute approximate surface area is 173 Å². The maximum absolute atomic E-state index is 11.9. The Bertz CT molecular complexity index is 852. The van der Waals surface area contributed by atoms with Gasteiger partial charge in [-0.2, -0.15) is 0 Å². The van der Waals surface area contributed by atoms with Crippen molar-refractivity contribution in [2.75, 3.05) is 6.61 Å². The van der Waals surface area contributed by atoms with Crippen LogP contribution >= 0.6 is 0 Å². The van der Waals surface area contributed by atoms with E-state index in [1.165, 1.54) is 16.7 Å². The van der Waals surface area contributed by atoms with E-state index < -0.39 is 0 Å². The molecule has 0 saturated heterocycles. The molecular formula is C25H30O4. The first-order valence-electron chi connectivity index (χ1n) is 10.8. The summed E-state index contributed by atoms with van der Waals surface area (Å²) in [5.74, 6) is 1.84. The SMILES string of the molecule is CCOC(=O)[C@H]1CC[C@H](Oc2ccc3c(c2)CCC(c2ccccc2C)O3)CC1. The maximum Gasteiger partial charge on any atom is 0.308 e. The standard InChI is InChI=1S/C25H30O4/c1-3-27-25(26)18-8-11-20(12-9-18)28-21-13-15-23-19(16-21)10-14-24(29-23)22-7-5-4-6-17(22)2/h4-7,13,15-16,18,20,24H,3,8-12,14H2,1-2H3/t18-,20-,24?. The lowest BCUT2D eigenvalue weighted by molar-refractivity contribution is -0.149. The molecule has 0 radical (unpaired) electrons. The first-order chi connectivity index (χ1) is 14.1. The maximum atomic E-state index is 11.9. The summed E-state index contributed by atoms with van der Waals surface area (Å²) < 4.78 is 17.7. The van der Waals surface area contributed by atoms with Gasteiger partial charge in [0.2, 0.25) is 0 Å². The topological polar surface area (TPSA) is 44.8 Å². The minimum absolute atomic E-state index is 0.0325. The number of esters is 1. The molecule has 4 heteroatoms. The molecule has 2 aromatic rings. The van der Waals surface area contributed by atoms with Gasteiger partial charge in [-0.05, 0) is 87.3 Å². The summed E-state index contributed by atoms with van der Waals surface area (Å²) in [6, 6.07) is 14.6. The van der Waals surface area contributed by atoms with Crippen molar-refractivity contribution in [1.82, 2.24) is 0 Å². The molecule has 1 fully saturated rings. The van der Waals surface area contributed by atoms with Crippen LogP contribution in [0.4, 0.5) is 0 Å². The lowest BCUT2D eigenvalue weighted by atomic mass is 9.87. The summed E-state index contributed by atoms with van der Waals surface area (Å²) in [6.45, 7) is 4.45. The van der Waals surface area contributed by atoms with Crippen LogP contribution in [0.25, 0.3) is 0 Å². The molecule has 4 nitrogen and oxygen atoms in total. The second-order valence-electron chi connectivity index (χ2n) is 8.11. The van der Waals surface area contributed by atoms with E-state index in [1.807, 2.05) is 19.1 Å². The molecule has 1 saturated carbocycles. The molecule has 1 heterocycles. The van der Waals surface area contributed by atoms with E-state index in [2.05, 4.69) is 37.3 Å². The lowest BCUT2D eigenvalue weighted by Crippen LogP contribution is -2.29. The van der Waals surface area contributed by atoms with Crippen molar-refractivity contribution in [3.05, 3.63) is 59.2 Å².